The van der Waals surface area contributed by atoms with Gasteiger partial charge in [-0.25, -0.2) is 18.4 Å². The van der Waals surface area contributed by atoms with Gasteiger partial charge in [0.15, 0.2) is 5.16 Å². The standard InChI is InChI=1S/C12H21N3O2S2/c1-9-10(2)14-12(15-11(9)3)18-7-5-13-6-8-19(4,16)17/h13H,5-8H2,1-4H3. The summed E-state index contributed by atoms with van der Waals surface area (Å²) >= 11 is 1.58. The molecule has 0 atom stereocenters. The SMILES string of the molecule is Cc1nc(SCCNCCS(C)(=O)=O)nc(C)c1C. The van der Waals surface area contributed by atoms with Gasteiger partial charge in [-0.1, -0.05) is 11.8 Å². The minimum absolute atomic E-state index is 0.177. The fraction of sp³-hybridized carbons (Fsp3) is 0.667. The minimum Gasteiger partial charge on any atom is -0.315 e. The number of thioether (sulfide) groups is 1. The number of nitrogens with one attached hydrogen (secondary N) is 1. The van der Waals surface area contributed by atoms with E-state index in [9.17, 15) is 8.42 Å². The van der Waals surface area contributed by atoms with Crippen molar-refractivity contribution in [3.63, 3.8) is 0 Å². The van der Waals surface area contributed by atoms with E-state index in [1.807, 2.05) is 20.8 Å². The third-order valence-electron chi connectivity index (χ3n) is 2.77. The minimum atomic E-state index is -2.87. The number of hydrogen-bond donors (Lipinski definition) is 1. The summed E-state index contributed by atoms with van der Waals surface area (Å²) in [5.41, 5.74) is 3.16. The zero-order chi connectivity index (χ0) is 14.5. The molecule has 1 heterocycles. The van der Waals surface area contributed by atoms with Crippen molar-refractivity contribution < 1.29 is 8.42 Å². The van der Waals surface area contributed by atoms with Gasteiger partial charge in [0.05, 0.1) is 5.75 Å². The van der Waals surface area contributed by atoms with Crippen molar-refractivity contribution in [1.29, 1.82) is 0 Å². The van der Waals surface area contributed by atoms with Crippen molar-refractivity contribution in [3.8, 4) is 0 Å². The fourth-order valence-corrected chi connectivity index (χ4v) is 2.75. The molecule has 0 unspecified atom stereocenters. The Labute approximate surface area is 119 Å². The summed E-state index contributed by atoms with van der Waals surface area (Å²) in [6.45, 7) is 7.23. The highest BCUT2D eigenvalue weighted by atomic mass is 32.2. The van der Waals surface area contributed by atoms with E-state index in [1.54, 1.807) is 11.8 Å². The highest BCUT2D eigenvalue weighted by molar-refractivity contribution is 7.99. The molecule has 0 aliphatic heterocycles. The molecule has 0 fully saturated rings. The van der Waals surface area contributed by atoms with Crippen molar-refractivity contribution in [2.75, 3.05) is 30.9 Å². The van der Waals surface area contributed by atoms with E-state index in [2.05, 4.69) is 15.3 Å². The van der Waals surface area contributed by atoms with Crippen LogP contribution in [0.2, 0.25) is 0 Å². The van der Waals surface area contributed by atoms with E-state index >= 15 is 0 Å². The molecular formula is C12H21N3O2S2. The largest absolute Gasteiger partial charge is 0.315 e. The molecule has 19 heavy (non-hydrogen) atoms. The van der Waals surface area contributed by atoms with E-state index in [1.165, 1.54) is 6.26 Å². The number of hydrogen-bond acceptors (Lipinski definition) is 6. The number of sulfone groups is 1. The molecule has 1 aromatic rings. The fourth-order valence-electron chi connectivity index (χ4n) is 1.40. The molecule has 0 bridgehead atoms. The Morgan fingerprint density at radius 2 is 1.68 bits per heavy atom. The summed E-state index contributed by atoms with van der Waals surface area (Å²) in [6, 6.07) is 0. The average Bonchev–Trinajstić information content (AvgIpc) is 2.29. The maximum atomic E-state index is 10.9. The smallest absolute Gasteiger partial charge is 0.188 e. The van der Waals surface area contributed by atoms with Crippen LogP contribution in [-0.2, 0) is 9.84 Å². The van der Waals surface area contributed by atoms with Crippen LogP contribution in [0.25, 0.3) is 0 Å². The lowest BCUT2D eigenvalue weighted by Crippen LogP contribution is -2.24. The molecule has 0 saturated heterocycles. The lowest BCUT2D eigenvalue weighted by Gasteiger charge is -2.07. The normalized spacial score (nSPS) is 11.8. The van der Waals surface area contributed by atoms with Gasteiger partial charge in [-0.05, 0) is 26.3 Å². The molecule has 0 spiro atoms. The van der Waals surface area contributed by atoms with Crippen molar-refractivity contribution in [2.24, 2.45) is 0 Å². The van der Waals surface area contributed by atoms with Crippen molar-refractivity contribution in [1.82, 2.24) is 15.3 Å². The van der Waals surface area contributed by atoms with Gasteiger partial charge in [0.1, 0.15) is 9.84 Å². The van der Waals surface area contributed by atoms with Crippen molar-refractivity contribution in [3.05, 3.63) is 17.0 Å². The van der Waals surface area contributed by atoms with E-state index in [0.29, 0.717) is 6.54 Å². The first-order chi connectivity index (χ1) is 8.79. The van der Waals surface area contributed by atoms with Crippen LogP contribution in [-0.4, -0.2) is 49.2 Å². The Morgan fingerprint density at radius 3 is 2.21 bits per heavy atom. The monoisotopic (exact) mass is 303 g/mol. The average molecular weight is 303 g/mol. The first-order valence-electron chi connectivity index (χ1n) is 6.12. The summed E-state index contributed by atoms with van der Waals surface area (Å²) in [7, 11) is -2.87. The van der Waals surface area contributed by atoms with E-state index in [4.69, 9.17) is 0 Å². The molecule has 1 N–H and O–H groups in total. The van der Waals surface area contributed by atoms with Gasteiger partial charge in [-0.2, -0.15) is 0 Å². The third-order valence-corrected chi connectivity index (χ3v) is 4.57. The molecule has 0 amide bonds. The Balaban J connectivity index is 2.30. The molecule has 1 aromatic heterocycles. The highest BCUT2D eigenvalue weighted by Gasteiger charge is 2.05. The quantitative estimate of drug-likeness (QED) is 0.462. The molecule has 0 aliphatic carbocycles. The van der Waals surface area contributed by atoms with Gasteiger partial charge in [-0.15, -0.1) is 0 Å². The van der Waals surface area contributed by atoms with E-state index in [-0.39, 0.29) is 5.75 Å². The molecule has 0 radical (unpaired) electrons. The van der Waals surface area contributed by atoms with Crippen molar-refractivity contribution in [2.45, 2.75) is 25.9 Å². The summed E-state index contributed by atoms with van der Waals surface area (Å²) in [4.78, 5) is 8.84. The van der Waals surface area contributed by atoms with Crippen LogP contribution in [0.5, 0.6) is 0 Å². The van der Waals surface area contributed by atoms with Crippen LogP contribution in [0.1, 0.15) is 17.0 Å². The van der Waals surface area contributed by atoms with Gasteiger partial charge < -0.3 is 5.32 Å². The van der Waals surface area contributed by atoms with Crippen molar-refractivity contribution >= 4 is 21.6 Å². The predicted octanol–water partition coefficient (Wildman–Crippen LogP) is 1.13. The summed E-state index contributed by atoms with van der Waals surface area (Å²) in [5.74, 6) is 1.00. The lowest BCUT2D eigenvalue weighted by atomic mass is 10.2. The molecule has 5 nitrogen and oxygen atoms in total. The van der Waals surface area contributed by atoms with Gasteiger partial charge in [0.25, 0.3) is 0 Å². The number of aryl methyl sites for hydroxylation is 2. The molecule has 108 valence electrons. The van der Waals surface area contributed by atoms with Crippen LogP contribution in [0, 0.1) is 20.8 Å². The highest BCUT2D eigenvalue weighted by Crippen LogP contribution is 2.16. The molecule has 7 heteroatoms. The first kappa shape index (κ1) is 16.4. The van der Waals surface area contributed by atoms with Crippen LogP contribution in [0.15, 0.2) is 5.16 Å². The molecule has 0 saturated carbocycles. The van der Waals surface area contributed by atoms with E-state index in [0.717, 1.165) is 34.4 Å². The van der Waals surface area contributed by atoms with Gasteiger partial charge in [0, 0.05) is 36.5 Å². The van der Waals surface area contributed by atoms with Gasteiger partial charge in [0.2, 0.25) is 0 Å². The van der Waals surface area contributed by atoms with Gasteiger partial charge in [-0.3, -0.25) is 0 Å². The predicted molar refractivity (Wildman–Crippen MR) is 79.5 cm³/mol. The second kappa shape index (κ2) is 7.21. The van der Waals surface area contributed by atoms with Crippen LogP contribution in [0.3, 0.4) is 0 Å². The third kappa shape index (κ3) is 6.35. The number of aromatic nitrogens is 2. The molecular weight excluding hydrogens is 282 g/mol. The number of nitrogens with zero attached hydrogens (tertiary/aromatic N) is 2. The Kier molecular flexibility index (Phi) is 6.22. The number of rotatable bonds is 7. The second-order valence-corrected chi connectivity index (χ2v) is 7.85. The van der Waals surface area contributed by atoms with Gasteiger partial charge >= 0.3 is 0 Å². The Bertz CT molecular complexity index is 507. The van der Waals surface area contributed by atoms with E-state index < -0.39 is 9.84 Å². The topological polar surface area (TPSA) is 72.0 Å². The zero-order valence-corrected chi connectivity index (χ0v) is 13.5. The molecule has 1 rings (SSSR count). The first-order valence-corrected chi connectivity index (χ1v) is 9.17. The Hall–Kier alpha value is -0.660. The lowest BCUT2D eigenvalue weighted by molar-refractivity contribution is 0.598. The summed E-state index contributed by atoms with van der Waals surface area (Å²) < 4.78 is 21.9. The maximum absolute atomic E-state index is 10.9. The Morgan fingerprint density at radius 1 is 1.11 bits per heavy atom. The molecule has 0 aliphatic rings. The second-order valence-electron chi connectivity index (χ2n) is 4.53. The molecule has 0 aromatic carbocycles. The summed E-state index contributed by atoms with van der Waals surface area (Å²) in [6.07, 6.45) is 1.25. The van der Waals surface area contributed by atoms with Crippen LogP contribution in [0.4, 0.5) is 0 Å². The zero-order valence-electron chi connectivity index (χ0n) is 11.9. The van der Waals surface area contributed by atoms with Crippen LogP contribution < -0.4 is 5.32 Å². The maximum Gasteiger partial charge on any atom is 0.188 e. The summed E-state index contributed by atoms with van der Waals surface area (Å²) in [5, 5.41) is 3.88. The van der Waals surface area contributed by atoms with Crippen LogP contribution >= 0.6 is 11.8 Å².